The van der Waals surface area contributed by atoms with E-state index in [0.717, 1.165) is 32.2 Å². The van der Waals surface area contributed by atoms with Crippen molar-refractivity contribution in [2.45, 2.75) is 32.1 Å². The predicted molar refractivity (Wildman–Crippen MR) is 67.8 cm³/mol. The second-order valence-electron chi connectivity index (χ2n) is 5.17. The van der Waals surface area contributed by atoms with Crippen molar-refractivity contribution in [2.24, 2.45) is 11.8 Å². The molecule has 2 unspecified atom stereocenters. The number of piperidine rings is 1. The molecule has 2 atom stereocenters. The molecule has 0 radical (unpaired) electrons. The van der Waals surface area contributed by atoms with E-state index in [4.69, 9.17) is 4.74 Å². The number of carbonyl (C=O) groups excluding carboxylic acids is 2. The molecular formula is C14H21NO3. The third kappa shape index (κ3) is 3.12. The minimum absolute atomic E-state index is 0.133. The number of esters is 1. The van der Waals surface area contributed by atoms with Crippen LogP contribution in [0.4, 0.5) is 0 Å². The van der Waals surface area contributed by atoms with Crippen LogP contribution in [0.25, 0.3) is 0 Å². The van der Waals surface area contributed by atoms with Crippen LogP contribution in [0.15, 0.2) is 12.2 Å². The number of likely N-dealkylation sites (tertiary alicyclic amines) is 1. The first kappa shape index (κ1) is 13.1. The van der Waals surface area contributed by atoms with E-state index in [-0.39, 0.29) is 17.8 Å². The zero-order chi connectivity index (χ0) is 13.0. The lowest BCUT2D eigenvalue weighted by molar-refractivity contribution is -0.149. The molecule has 1 aliphatic heterocycles. The second kappa shape index (κ2) is 6.03. The molecule has 2 aliphatic rings. The lowest BCUT2D eigenvalue weighted by atomic mass is 9.96. The quantitative estimate of drug-likeness (QED) is 0.567. The molecule has 2 rings (SSSR count). The Labute approximate surface area is 108 Å². The fourth-order valence-electron chi connectivity index (χ4n) is 2.78. The Kier molecular flexibility index (Phi) is 4.39. The van der Waals surface area contributed by atoms with Crippen LogP contribution in [0.3, 0.4) is 0 Å². The van der Waals surface area contributed by atoms with Crippen LogP contribution in [0.5, 0.6) is 0 Å². The van der Waals surface area contributed by atoms with Crippen molar-refractivity contribution in [1.82, 2.24) is 4.90 Å². The lowest BCUT2D eigenvalue weighted by Crippen LogP contribution is -2.43. The number of ether oxygens (including phenoxy) is 1. The van der Waals surface area contributed by atoms with E-state index in [1.807, 2.05) is 4.90 Å². The van der Waals surface area contributed by atoms with Gasteiger partial charge in [0.25, 0.3) is 0 Å². The number of methoxy groups -OCH3 is 1. The van der Waals surface area contributed by atoms with Gasteiger partial charge >= 0.3 is 5.97 Å². The summed E-state index contributed by atoms with van der Waals surface area (Å²) in [7, 11) is 1.41. The largest absolute Gasteiger partial charge is 0.469 e. The molecule has 4 heteroatoms. The number of allylic oxidation sites excluding steroid dienone is 2. The first-order valence-electron chi connectivity index (χ1n) is 6.73. The van der Waals surface area contributed by atoms with Gasteiger partial charge in [0.05, 0.1) is 13.0 Å². The average Bonchev–Trinajstić information content (AvgIpc) is 2.90. The molecule has 4 nitrogen and oxygen atoms in total. The van der Waals surface area contributed by atoms with Crippen LogP contribution in [0.2, 0.25) is 0 Å². The monoisotopic (exact) mass is 251 g/mol. The van der Waals surface area contributed by atoms with Crippen LogP contribution in [0, 0.1) is 11.8 Å². The van der Waals surface area contributed by atoms with Gasteiger partial charge in [-0.1, -0.05) is 12.2 Å². The SMILES string of the molecule is COC(=O)C1CCCN(C(=O)CC2C=CCC2)C1. The first-order chi connectivity index (χ1) is 8.70. The summed E-state index contributed by atoms with van der Waals surface area (Å²) < 4.78 is 4.76. The fourth-order valence-corrected chi connectivity index (χ4v) is 2.78. The summed E-state index contributed by atoms with van der Waals surface area (Å²) in [4.78, 5) is 25.5. The van der Waals surface area contributed by atoms with Crippen LogP contribution in [-0.4, -0.2) is 37.0 Å². The molecular weight excluding hydrogens is 230 g/mol. The molecule has 0 N–H and O–H groups in total. The molecule has 0 spiro atoms. The van der Waals surface area contributed by atoms with Crippen LogP contribution in [-0.2, 0) is 14.3 Å². The third-order valence-electron chi connectivity index (χ3n) is 3.86. The molecule has 0 aromatic carbocycles. The van der Waals surface area contributed by atoms with Crippen molar-refractivity contribution in [2.75, 3.05) is 20.2 Å². The molecule has 1 aliphatic carbocycles. The molecule has 0 aromatic rings. The normalized spacial score (nSPS) is 27.3. The fraction of sp³-hybridized carbons (Fsp3) is 0.714. The number of hydrogen-bond acceptors (Lipinski definition) is 3. The van der Waals surface area contributed by atoms with E-state index in [1.54, 1.807) is 0 Å². The van der Waals surface area contributed by atoms with E-state index in [9.17, 15) is 9.59 Å². The summed E-state index contributed by atoms with van der Waals surface area (Å²) in [5.41, 5.74) is 0. The molecule has 1 fully saturated rings. The van der Waals surface area contributed by atoms with Crippen molar-refractivity contribution >= 4 is 11.9 Å². The van der Waals surface area contributed by atoms with Gasteiger partial charge in [0.2, 0.25) is 5.91 Å². The van der Waals surface area contributed by atoms with E-state index in [1.165, 1.54) is 7.11 Å². The standard InChI is InChI=1S/C14H21NO3/c1-18-14(17)12-7-4-8-15(10-12)13(16)9-11-5-2-3-6-11/h2,5,11-12H,3-4,6-10H2,1H3. The summed E-state index contributed by atoms with van der Waals surface area (Å²) in [5, 5.41) is 0. The highest BCUT2D eigenvalue weighted by Gasteiger charge is 2.29. The maximum absolute atomic E-state index is 12.2. The number of hydrogen-bond donors (Lipinski definition) is 0. The van der Waals surface area contributed by atoms with E-state index in [0.29, 0.717) is 18.9 Å². The van der Waals surface area contributed by atoms with Gasteiger partial charge in [0.15, 0.2) is 0 Å². The zero-order valence-electron chi connectivity index (χ0n) is 10.9. The first-order valence-corrected chi connectivity index (χ1v) is 6.73. The molecule has 1 amide bonds. The Morgan fingerprint density at radius 1 is 1.39 bits per heavy atom. The summed E-state index contributed by atoms with van der Waals surface area (Å²) in [5.74, 6) is 0.260. The van der Waals surface area contributed by atoms with E-state index >= 15 is 0 Å². The highest BCUT2D eigenvalue weighted by Crippen LogP contribution is 2.24. The molecule has 0 aromatic heterocycles. The van der Waals surface area contributed by atoms with Gasteiger partial charge in [0.1, 0.15) is 0 Å². The van der Waals surface area contributed by atoms with Gasteiger partial charge in [-0.2, -0.15) is 0 Å². The number of nitrogens with zero attached hydrogens (tertiary/aromatic N) is 1. The predicted octanol–water partition coefficient (Wildman–Crippen LogP) is 1.75. The molecule has 0 bridgehead atoms. The highest BCUT2D eigenvalue weighted by atomic mass is 16.5. The van der Waals surface area contributed by atoms with Crippen LogP contribution >= 0.6 is 0 Å². The minimum atomic E-state index is -0.187. The summed E-state index contributed by atoms with van der Waals surface area (Å²) in [6, 6.07) is 0. The van der Waals surface area contributed by atoms with Crippen molar-refractivity contribution in [3.63, 3.8) is 0 Å². The number of amides is 1. The van der Waals surface area contributed by atoms with Crippen LogP contribution < -0.4 is 0 Å². The molecule has 1 heterocycles. The lowest BCUT2D eigenvalue weighted by Gasteiger charge is -2.32. The zero-order valence-corrected chi connectivity index (χ0v) is 10.9. The van der Waals surface area contributed by atoms with Gasteiger partial charge in [-0.3, -0.25) is 9.59 Å². The Morgan fingerprint density at radius 2 is 2.22 bits per heavy atom. The van der Waals surface area contributed by atoms with Crippen molar-refractivity contribution in [3.05, 3.63) is 12.2 Å². The van der Waals surface area contributed by atoms with Gasteiger partial charge < -0.3 is 9.64 Å². The van der Waals surface area contributed by atoms with Crippen molar-refractivity contribution in [3.8, 4) is 0 Å². The Balaban J connectivity index is 1.85. The van der Waals surface area contributed by atoms with Crippen molar-refractivity contribution in [1.29, 1.82) is 0 Å². The van der Waals surface area contributed by atoms with Gasteiger partial charge in [-0.05, 0) is 31.6 Å². The molecule has 18 heavy (non-hydrogen) atoms. The summed E-state index contributed by atoms with van der Waals surface area (Å²) >= 11 is 0. The smallest absolute Gasteiger partial charge is 0.310 e. The van der Waals surface area contributed by atoms with E-state index < -0.39 is 0 Å². The Hall–Kier alpha value is -1.32. The highest BCUT2D eigenvalue weighted by molar-refractivity contribution is 5.78. The summed E-state index contributed by atoms with van der Waals surface area (Å²) in [6.07, 6.45) is 8.77. The van der Waals surface area contributed by atoms with Crippen molar-refractivity contribution < 1.29 is 14.3 Å². The van der Waals surface area contributed by atoms with Gasteiger partial charge in [-0.25, -0.2) is 0 Å². The number of carbonyl (C=O) groups is 2. The topological polar surface area (TPSA) is 46.6 Å². The Bertz CT molecular complexity index is 351. The van der Waals surface area contributed by atoms with E-state index in [2.05, 4.69) is 12.2 Å². The maximum Gasteiger partial charge on any atom is 0.310 e. The number of rotatable bonds is 3. The Morgan fingerprint density at radius 3 is 2.89 bits per heavy atom. The minimum Gasteiger partial charge on any atom is -0.469 e. The second-order valence-corrected chi connectivity index (χ2v) is 5.17. The molecule has 1 saturated heterocycles. The average molecular weight is 251 g/mol. The van der Waals surface area contributed by atoms with Crippen LogP contribution in [0.1, 0.15) is 32.1 Å². The summed E-state index contributed by atoms with van der Waals surface area (Å²) in [6.45, 7) is 1.31. The maximum atomic E-state index is 12.2. The van der Waals surface area contributed by atoms with Gasteiger partial charge in [0, 0.05) is 19.5 Å². The molecule has 0 saturated carbocycles. The third-order valence-corrected chi connectivity index (χ3v) is 3.86. The van der Waals surface area contributed by atoms with Gasteiger partial charge in [-0.15, -0.1) is 0 Å². The molecule has 100 valence electrons.